The van der Waals surface area contributed by atoms with E-state index in [9.17, 15) is 14.4 Å². The van der Waals surface area contributed by atoms with Crippen molar-refractivity contribution in [3.05, 3.63) is 10.6 Å². The molecule has 0 radical (unpaired) electrons. The van der Waals surface area contributed by atoms with Gasteiger partial charge in [0.1, 0.15) is 4.88 Å². The lowest BCUT2D eigenvalue weighted by Gasteiger charge is -2.16. The van der Waals surface area contributed by atoms with Crippen LogP contribution in [0.15, 0.2) is 0 Å². The first-order chi connectivity index (χ1) is 11.5. The highest BCUT2D eigenvalue weighted by molar-refractivity contribution is 7.17. The number of carbonyl (C=O) groups excluding carboxylic acids is 3. The molecule has 140 valence electrons. The largest absolute Gasteiger partial charge is 0.465 e. The second-order valence-electron chi connectivity index (χ2n) is 6.97. The smallest absolute Gasteiger partial charge is 0.350 e. The number of amides is 2. The molecule has 0 aliphatic heterocycles. The number of nitrogens with zero attached hydrogens (tertiary/aromatic N) is 1. The fourth-order valence-electron chi connectivity index (χ4n) is 1.86. The van der Waals surface area contributed by atoms with E-state index in [1.807, 2.05) is 34.6 Å². The minimum absolute atomic E-state index is 0.0287. The fourth-order valence-corrected chi connectivity index (χ4v) is 2.97. The highest BCUT2D eigenvalue weighted by atomic mass is 32.1. The molecule has 8 nitrogen and oxygen atoms in total. The van der Waals surface area contributed by atoms with Crippen molar-refractivity contribution in [2.75, 3.05) is 19.0 Å². The van der Waals surface area contributed by atoms with E-state index in [0.29, 0.717) is 10.6 Å². The first-order valence-electron chi connectivity index (χ1n) is 7.90. The molecule has 0 saturated carbocycles. The van der Waals surface area contributed by atoms with Crippen LogP contribution in [0.4, 0.5) is 5.13 Å². The number of thiazole rings is 1. The van der Waals surface area contributed by atoms with Crippen molar-refractivity contribution in [2.24, 2.45) is 11.7 Å². The van der Waals surface area contributed by atoms with Crippen LogP contribution in [0, 0.1) is 5.92 Å². The molecule has 25 heavy (non-hydrogen) atoms. The summed E-state index contributed by atoms with van der Waals surface area (Å²) < 4.78 is 4.77. The van der Waals surface area contributed by atoms with Crippen LogP contribution in [0.3, 0.4) is 0 Å². The summed E-state index contributed by atoms with van der Waals surface area (Å²) in [5.74, 6) is -1.37. The Balaban J connectivity index is 2.80. The molecule has 1 aromatic heterocycles. The number of ether oxygens (including phenoxy) is 1. The molecular weight excluding hydrogens is 344 g/mol. The maximum Gasteiger partial charge on any atom is 0.350 e. The molecule has 2 amide bonds. The number of aromatic nitrogens is 1. The lowest BCUT2D eigenvalue weighted by atomic mass is 9.91. The number of esters is 1. The maximum atomic E-state index is 12.0. The van der Waals surface area contributed by atoms with Crippen molar-refractivity contribution < 1.29 is 19.1 Å². The number of rotatable bonds is 6. The zero-order valence-electron chi connectivity index (χ0n) is 15.4. The fraction of sp³-hybridized carbons (Fsp3) is 0.625. The Morgan fingerprint density at radius 3 is 2.36 bits per heavy atom. The van der Waals surface area contributed by atoms with E-state index in [1.54, 1.807) is 0 Å². The third-order valence-corrected chi connectivity index (χ3v) is 4.35. The van der Waals surface area contributed by atoms with Crippen LogP contribution >= 0.6 is 11.3 Å². The monoisotopic (exact) mass is 370 g/mol. The third kappa shape index (κ3) is 5.79. The molecule has 9 heteroatoms. The maximum absolute atomic E-state index is 12.0. The standard InChI is InChI=1S/C16H26N4O4S/c1-8(2)10(17)13(22)18-7-9(21)19-15-20-12(16(3,4)5)11(25-15)14(23)24-6/h8,10H,7,17H2,1-6H3,(H,18,22)(H,19,20,21)/t10-/m0/s1. The number of hydrogen-bond donors (Lipinski definition) is 3. The minimum atomic E-state index is -0.675. The first kappa shape index (κ1) is 21.0. The third-order valence-electron chi connectivity index (χ3n) is 3.40. The molecule has 1 heterocycles. The Morgan fingerprint density at radius 1 is 1.28 bits per heavy atom. The predicted octanol–water partition coefficient (Wildman–Crippen LogP) is 1.27. The van der Waals surface area contributed by atoms with Gasteiger partial charge in [0.05, 0.1) is 25.4 Å². The molecule has 0 aliphatic rings. The number of carbonyl (C=O) groups is 3. The zero-order chi connectivity index (χ0) is 19.4. The van der Waals surface area contributed by atoms with Crippen LogP contribution in [0.5, 0.6) is 0 Å². The predicted molar refractivity (Wildman–Crippen MR) is 96.6 cm³/mol. The molecule has 0 saturated heterocycles. The van der Waals surface area contributed by atoms with Gasteiger partial charge in [-0.2, -0.15) is 0 Å². The van der Waals surface area contributed by atoms with Gasteiger partial charge in [-0.3, -0.25) is 9.59 Å². The summed E-state index contributed by atoms with van der Waals surface area (Å²) in [6.45, 7) is 9.15. The van der Waals surface area contributed by atoms with Gasteiger partial charge in [-0.05, 0) is 5.92 Å². The van der Waals surface area contributed by atoms with E-state index in [4.69, 9.17) is 10.5 Å². The molecule has 0 spiro atoms. The quantitative estimate of drug-likeness (QED) is 0.648. The van der Waals surface area contributed by atoms with Crippen molar-refractivity contribution in [3.8, 4) is 0 Å². The summed E-state index contributed by atoms with van der Waals surface area (Å²) in [4.78, 5) is 40.3. The van der Waals surface area contributed by atoms with Gasteiger partial charge in [0.25, 0.3) is 0 Å². The summed E-state index contributed by atoms with van der Waals surface area (Å²) in [5, 5.41) is 5.34. The molecule has 1 atom stereocenters. The van der Waals surface area contributed by atoms with Crippen LogP contribution in [-0.4, -0.2) is 42.5 Å². The number of methoxy groups -OCH3 is 1. The summed E-state index contributed by atoms with van der Waals surface area (Å²) in [6, 6.07) is -0.675. The van der Waals surface area contributed by atoms with Gasteiger partial charge >= 0.3 is 5.97 Å². The Hall–Kier alpha value is -2.00. The highest BCUT2D eigenvalue weighted by Gasteiger charge is 2.28. The molecule has 1 aromatic rings. The van der Waals surface area contributed by atoms with Gasteiger partial charge in [0, 0.05) is 5.41 Å². The van der Waals surface area contributed by atoms with E-state index in [2.05, 4.69) is 15.6 Å². The van der Waals surface area contributed by atoms with Crippen molar-refractivity contribution in [1.82, 2.24) is 10.3 Å². The summed E-state index contributed by atoms with van der Waals surface area (Å²) in [7, 11) is 1.29. The molecule has 0 fully saturated rings. The molecule has 1 rings (SSSR count). The Labute approximate surface area is 151 Å². The lowest BCUT2D eigenvalue weighted by Crippen LogP contribution is -2.46. The van der Waals surface area contributed by atoms with Crippen molar-refractivity contribution in [3.63, 3.8) is 0 Å². The Kier molecular flexibility index (Phi) is 7.06. The SMILES string of the molecule is COC(=O)c1sc(NC(=O)CNC(=O)[C@@H](N)C(C)C)nc1C(C)(C)C. The highest BCUT2D eigenvalue weighted by Crippen LogP contribution is 2.32. The van der Waals surface area contributed by atoms with E-state index >= 15 is 0 Å². The van der Waals surface area contributed by atoms with Gasteiger partial charge in [-0.1, -0.05) is 46.0 Å². The summed E-state index contributed by atoms with van der Waals surface area (Å²) in [6.07, 6.45) is 0. The summed E-state index contributed by atoms with van der Waals surface area (Å²) >= 11 is 1.04. The van der Waals surface area contributed by atoms with Gasteiger partial charge < -0.3 is 21.1 Å². The lowest BCUT2D eigenvalue weighted by molar-refractivity contribution is -0.125. The van der Waals surface area contributed by atoms with E-state index in [-0.39, 0.29) is 23.0 Å². The van der Waals surface area contributed by atoms with Crippen LogP contribution < -0.4 is 16.4 Å². The zero-order valence-corrected chi connectivity index (χ0v) is 16.2. The van der Waals surface area contributed by atoms with Gasteiger partial charge in [0.2, 0.25) is 11.8 Å². The van der Waals surface area contributed by atoms with Crippen LogP contribution in [0.25, 0.3) is 0 Å². The van der Waals surface area contributed by atoms with Crippen LogP contribution in [0.2, 0.25) is 0 Å². The van der Waals surface area contributed by atoms with Crippen molar-refractivity contribution >= 4 is 34.3 Å². The first-order valence-corrected chi connectivity index (χ1v) is 8.71. The Bertz CT molecular complexity index is 649. The molecule has 0 aliphatic carbocycles. The van der Waals surface area contributed by atoms with E-state index in [1.165, 1.54) is 7.11 Å². The van der Waals surface area contributed by atoms with Gasteiger partial charge in [-0.15, -0.1) is 0 Å². The number of hydrogen-bond acceptors (Lipinski definition) is 7. The molecule has 4 N–H and O–H groups in total. The van der Waals surface area contributed by atoms with Crippen LogP contribution in [-0.2, 0) is 19.7 Å². The number of anilines is 1. The average Bonchev–Trinajstić information content (AvgIpc) is 2.94. The topological polar surface area (TPSA) is 123 Å². The van der Waals surface area contributed by atoms with E-state index < -0.39 is 23.8 Å². The van der Waals surface area contributed by atoms with Crippen LogP contribution in [0.1, 0.15) is 50.0 Å². The molecule has 0 bridgehead atoms. The Morgan fingerprint density at radius 2 is 1.88 bits per heavy atom. The number of nitrogens with two attached hydrogens (primary N) is 1. The molecular formula is C16H26N4O4S. The minimum Gasteiger partial charge on any atom is -0.465 e. The van der Waals surface area contributed by atoms with Gasteiger partial charge in [0.15, 0.2) is 5.13 Å². The normalized spacial score (nSPS) is 12.6. The average molecular weight is 370 g/mol. The van der Waals surface area contributed by atoms with Crippen molar-refractivity contribution in [2.45, 2.75) is 46.1 Å². The molecule has 0 unspecified atom stereocenters. The second-order valence-corrected chi connectivity index (χ2v) is 7.97. The van der Waals surface area contributed by atoms with E-state index in [0.717, 1.165) is 11.3 Å². The summed E-state index contributed by atoms with van der Waals surface area (Å²) in [5.41, 5.74) is 5.87. The second kappa shape index (κ2) is 8.39. The number of nitrogens with one attached hydrogen (secondary N) is 2. The van der Waals surface area contributed by atoms with Crippen molar-refractivity contribution in [1.29, 1.82) is 0 Å². The molecule has 0 aromatic carbocycles. The van der Waals surface area contributed by atoms with Gasteiger partial charge in [-0.25, -0.2) is 9.78 Å².